The summed E-state index contributed by atoms with van der Waals surface area (Å²) in [5.74, 6) is -1.82. The highest BCUT2D eigenvalue weighted by molar-refractivity contribution is 7.92. The van der Waals surface area contributed by atoms with Gasteiger partial charge in [-0.15, -0.1) is 0 Å². The second kappa shape index (κ2) is 11.8. The number of benzene rings is 3. The number of esters is 2. The largest absolute Gasteiger partial charge is 0.497 e. The van der Waals surface area contributed by atoms with E-state index in [-0.39, 0.29) is 32.4 Å². The number of hydrogen-bond donors (Lipinski definition) is 1. The monoisotopic (exact) mass is 546 g/mol. The lowest BCUT2D eigenvalue weighted by Gasteiger charge is -2.24. The molecule has 194 valence electrons. The summed E-state index contributed by atoms with van der Waals surface area (Å²) in [6.45, 7) is -0.683. The third-order valence-electron chi connectivity index (χ3n) is 5.15. The minimum atomic E-state index is -4.25. The second-order valence-electron chi connectivity index (χ2n) is 7.46. The van der Waals surface area contributed by atoms with Crippen molar-refractivity contribution in [3.63, 3.8) is 0 Å². The predicted octanol–water partition coefficient (Wildman–Crippen LogP) is 3.76. The minimum Gasteiger partial charge on any atom is -0.497 e. The zero-order valence-electron chi connectivity index (χ0n) is 20.1. The lowest BCUT2D eigenvalue weighted by atomic mass is 10.1. The Morgan fingerprint density at radius 3 is 2.16 bits per heavy atom. The van der Waals surface area contributed by atoms with Gasteiger partial charge in [0.25, 0.3) is 10.0 Å². The van der Waals surface area contributed by atoms with Crippen molar-refractivity contribution in [3.8, 4) is 5.75 Å². The number of rotatable bonds is 9. The van der Waals surface area contributed by atoms with Crippen LogP contribution in [0.5, 0.6) is 5.75 Å². The zero-order chi connectivity index (χ0) is 27.2. The van der Waals surface area contributed by atoms with Gasteiger partial charge < -0.3 is 19.5 Å². The van der Waals surface area contributed by atoms with Gasteiger partial charge in [0.05, 0.1) is 48.7 Å². The summed E-state index contributed by atoms with van der Waals surface area (Å²) < 4.78 is 42.5. The molecule has 0 aliphatic rings. The van der Waals surface area contributed by atoms with Crippen LogP contribution in [0.1, 0.15) is 20.7 Å². The number of carbonyl (C=O) groups is 3. The lowest BCUT2D eigenvalue weighted by Crippen LogP contribution is -2.38. The Kier molecular flexibility index (Phi) is 8.74. The van der Waals surface area contributed by atoms with Crippen LogP contribution in [0.2, 0.25) is 5.02 Å². The molecule has 0 spiro atoms. The molecule has 1 N–H and O–H groups in total. The summed E-state index contributed by atoms with van der Waals surface area (Å²) >= 11 is 6.09. The van der Waals surface area contributed by atoms with Crippen LogP contribution in [0, 0.1) is 0 Å². The molecule has 1 amide bonds. The van der Waals surface area contributed by atoms with E-state index in [0.29, 0.717) is 5.75 Å². The van der Waals surface area contributed by atoms with Gasteiger partial charge in [0, 0.05) is 5.02 Å². The summed E-state index contributed by atoms with van der Waals surface area (Å²) in [4.78, 5) is 37.2. The van der Waals surface area contributed by atoms with E-state index in [1.165, 1.54) is 68.8 Å². The van der Waals surface area contributed by atoms with Crippen LogP contribution in [0.3, 0.4) is 0 Å². The van der Waals surface area contributed by atoms with Crippen LogP contribution in [0.15, 0.2) is 71.6 Å². The molecule has 0 aliphatic heterocycles. The van der Waals surface area contributed by atoms with Crippen LogP contribution in [0.25, 0.3) is 0 Å². The number of halogens is 1. The quantitative estimate of drug-likeness (QED) is 0.402. The van der Waals surface area contributed by atoms with Crippen molar-refractivity contribution in [2.45, 2.75) is 4.90 Å². The molecule has 0 saturated carbocycles. The molecule has 0 unspecified atom stereocenters. The first kappa shape index (κ1) is 27.5. The summed E-state index contributed by atoms with van der Waals surface area (Å²) in [6, 6.07) is 15.5. The summed E-state index contributed by atoms with van der Waals surface area (Å²) in [7, 11) is -0.460. The highest BCUT2D eigenvalue weighted by Crippen LogP contribution is 2.28. The molecular formula is C25H23ClN2O8S. The highest BCUT2D eigenvalue weighted by atomic mass is 35.5. The minimum absolute atomic E-state index is 0.0455. The summed E-state index contributed by atoms with van der Waals surface area (Å²) in [5.41, 5.74) is 0.0847. The van der Waals surface area contributed by atoms with E-state index >= 15 is 0 Å². The summed E-state index contributed by atoms with van der Waals surface area (Å²) in [6.07, 6.45) is 0. The van der Waals surface area contributed by atoms with Gasteiger partial charge in [0.1, 0.15) is 12.3 Å². The molecule has 0 bridgehead atoms. The Morgan fingerprint density at radius 1 is 0.892 bits per heavy atom. The SMILES string of the molecule is COC(=O)c1ccc(C(=O)OC)c(NC(=O)CN(c2cccc(Cl)c2)S(=O)(=O)c2ccc(OC)cc2)c1. The molecule has 0 radical (unpaired) electrons. The maximum atomic E-state index is 13.6. The maximum Gasteiger partial charge on any atom is 0.339 e. The number of carbonyl (C=O) groups excluding carboxylic acids is 3. The van der Waals surface area contributed by atoms with Gasteiger partial charge in [0.15, 0.2) is 0 Å². The van der Waals surface area contributed by atoms with E-state index in [1.807, 2.05) is 0 Å². The van der Waals surface area contributed by atoms with E-state index in [0.717, 1.165) is 11.4 Å². The van der Waals surface area contributed by atoms with Crippen molar-refractivity contribution in [2.75, 3.05) is 37.5 Å². The molecule has 12 heteroatoms. The fourth-order valence-corrected chi connectivity index (χ4v) is 4.92. The first-order valence-corrected chi connectivity index (χ1v) is 12.5. The number of nitrogens with one attached hydrogen (secondary N) is 1. The Morgan fingerprint density at radius 2 is 1.57 bits per heavy atom. The molecule has 0 fully saturated rings. The van der Waals surface area contributed by atoms with Crippen LogP contribution >= 0.6 is 11.6 Å². The standard InChI is InChI=1S/C25H23ClN2O8S/c1-34-19-8-10-20(11-9-19)37(32,33)28(18-6-4-5-17(26)14-18)15-23(29)27-22-13-16(24(30)35-2)7-12-21(22)25(31)36-3/h4-14H,15H2,1-3H3,(H,27,29). The number of nitrogens with zero attached hydrogens (tertiary/aromatic N) is 1. The van der Waals surface area contributed by atoms with Crippen molar-refractivity contribution in [2.24, 2.45) is 0 Å². The van der Waals surface area contributed by atoms with Gasteiger partial charge in [-0.3, -0.25) is 9.10 Å². The van der Waals surface area contributed by atoms with Gasteiger partial charge in [-0.05, 0) is 60.7 Å². The van der Waals surface area contributed by atoms with E-state index in [2.05, 4.69) is 10.1 Å². The Bertz CT molecular complexity index is 1420. The van der Waals surface area contributed by atoms with Crippen LogP contribution in [0.4, 0.5) is 11.4 Å². The van der Waals surface area contributed by atoms with Crippen LogP contribution in [-0.4, -0.2) is 54.1 Å². The van der Waals surface area contributed by atoms with Gasteiger partial charge >= 0.3 is 11.9 Å². The molecule has 37 heavy (non-hydrogen) atoms. The number of methoxy groups -OCH3 is 3. The normalized spacial score (nSPS) is 10.8. The molecule has 0 heterocycles. The predicted molar refractivity (Wildman–Crippen MR) is 137 cm³/mol. The molecule has 3 rings (SSSR count). The molecule has 0 saturated heterocycles. The smallest absolute Gasteiger partial charge is 0.339 e. The highest BCUT2D eigenvalue weighted by Gasteiger charge is 2.28. The van der Waals surface area contributed by atoms with E-state index in [4.69, 9.17) is 21.1 Å². The lowest BCUT2D eigenvalue weighted by molar-refractivity contribution is -0.114. The third kappa shape index (κ3) is 6.38. The Labute approximate surface area is 218 Å². The van der Waals surface area contributed by atoms with Crippen molar-refractivity contribution in [3.05, 3.63) is 82.9 Å². The van der Waals surface area contributed by atoms with E-state index in [9.17, 15) is 22.8 Å². The van der Waals surface area contributed by atoms with E-state index in [1.54, 1.807) is 12.1 Å². The molecule has 3 aromatic carbocycles. The topological polar surface area (TPSA) is 128 Å². The summed E-state index contributed by atoms with van der Waals surface area (Å²) in [5, 5.41) is 2.75. The van der Waals surface area contributed by atoms with Crippen molar-refractivity contribution in [1.82, 2.24) is 0 Å². The zero-order valence-corrected chi connectivity index (χ0v) is 21.6. The number of amides is 1. The maximum absolute atomic E-state index is 13.6. The van der Waals surface area contributed by atoms with E-state index < -0.39 is 34.4 Å². The number of ether oxygens (including phenoxy) is 3. The van der Waals surface area contributed by atoms with Gasteiger partial charge in [-0.2, -0.15) is 0 Å². The Hall–Kier alpha value is -4.09. The fraction of sp³-hybridized carbons (Fsp3) is 0.160. The second-order valence-corrected chi connectivity index (χ2v) is 9.76. The molecule has 3 aromatic rings. The van der Waals surface area contributed by atoms with Crippen LogP contribution < -0.4 is 14.4 Å². The molecule has 0 aliphatic carbocycles. The molecule has 0 aromatic heterocycles. The third-order valence-corrected chi connectivity index (χ3v) is 7.17. The van der Waals surface area contributed by atoms with Crippen molar-refractivity contribution in [1.29, 1.82) is 0 Å². The first-order chi connectivity index (χ1) is 17.6. The Balaban J connectivity index is 2.00. The average Bonchev–Trinajstić information content (AvgIpc) is 2.90. The number of anilines is 2. The van der Waals surface area contributed by atoms with Gasteiger partial charge in [-0.1, -0.05) is 17.7 Å². The molecular weight excluding hydrogens is 524 g/mol. The number of hydrogen-bond acceptors (Lipinski definition) is 8. The molecule has 10 nitrogen and oxygen atoms in total. The van der Waals surface area contributed by atoms with Gasteiger partial charge in [0.2, 0.25) is 5.91 Å². The van der Waals surface area contributed by atoms with Crippen molar-refractivity contribution >= 4 is 50.8 Å². The fourth-order valence-electron chi connectivity index (χ4n) is 3.32. The first-order valence-electron chi connectivity index (χ1n) is 10.6. The number of sulfonamides is 1. The molecule has 0 atom stereocenters. The van der Waals surface area contributed by atoms with Crippen LogP contribution in [-0.2, 0) is 24.3 Å². The van der Waals surface area contributed by atoms with Crippen molar-refractivity contribution < 1.29 is 37.0 Å². The van der Waals surface area contributed by atoms with Gasteiger partial charge in [-0.25, -0.2) is 18.0 Å². The average molecular weight is 547 g/mol.